The maximum Gasteiger partial charge on any atom is 0.193 e. The number of hydrogen-bond donors (Lipinski definition) is 1. The number of benzene rings is 1. The maximum absolute atomic E-state index is 5.93. The van der Waals surface area contributed by atoms with Crippen molar-refractivity contribution in [3.63, 3.8) is 0 Å². The Morgan fingerprint density at radius 1 is 1.15 bits per heavy atom. The average Bonchev–Trinajstić information content (AvgIpc) is 3.21. The lowest BCUT2D eigenvalue weighted by molar-refractivity contribution is -0.0816. The Morgan fingerprint density at radius 2 is 1.88 bits per heavy atom. The van der Waals surface area contributed by atoms with E-state index in [1.54, 1.807) is 0 Å². The van der Waals surface area contributed by atoms with Gasteiger partial charge < -0.3 is 19.7 Å². The summed E-state index contributed by atoms with van der Waals surface area (Å²) in [6, 6.07) is 8.90. The van der Waals surface area contributed by atoms with Gasteiger partial charge in [0.25, 0.3) is 0 Å². The molecular weight excluding hydrogens is 441 g/mol. The highest BCUT2D eigenvalue weighted by atomic mass is 127. The van der Waals surface area contributed by atoms with Gasteiger partial charge in [0.05, 0.1) is 12.7 Å². The Morgan fingerprint density at radius 3 is 2.54 bits per heavy atom. The highest BCUT2D eigenvalue weighted by molar-refractivity contribution is 14.0. The molecule has 2 aliphatic rings. The lowest BCUT2D eigenvalue weighted by atomic mass is 10.1. The van der Waals surface area contributed by atoms with E-state index in [2.05, 4.69) is 46.4 Å². The lowest BCUT2D eigenvalue weighted by Crippen LogP contribution is -2.53. The minimum Gasteiger partial charge on any atom is -0.375 e. The summed E-state index contributed by atoms with van der Waals surface area (Å²) in [6.45, 7) is 6.43. The summed E-state index contributed by atoms with van der Waals surface area (Å²) in [6.07, 6.45) is 4.76. The van der Waals surface area contributed by atoms with Gasteiger partial charge in [-0.3, -0.25) is 4.99 Å². The van der Waals surface area contributed by atoms with Gasteiger partial charge in [0.2, 0.25) is 0 Å². The molecule has 6 heteroatoms. The van der Waals surface area contributed by atoms with Crippen LogP contribution >= 0.6 is 24.0 Å². The van der Waals surface area contributed by atoms with E-state index in [-0.39, 0.29) is 36.2 Å². The molecule has 3 rings (SSSR count). The number of hydrogen-bond acceptors (Lipinski definition) is 3. The Kier molecular flexibility index (Phi) is 9.15. The molecule has 0 spiro atoms. The van der Waals surface area contributed by atoms with Gasteiger partial charge in [-0.25, -0.2) is 0 Å². The van der Waals surface area contributed by atoms with Crippen molar-refractivity contribution in [3.8, 4) is 0 Å². The minimum atomic E-state index is 0. The van der Waals surface area contributed by atoms with Crippen LogP contribution in [-0.4, -0.2) is 63.0 Å². The third kappa shape index (κ3) is 5.82. The largest absolute Gasteiger partial charge is 0.375 e. The van der Waals surface area contributed by atoms with Crippen LogP contribution in [0.25, 0.3) is 0 Å². The first-order valence-electron chi connectivity index (χ1n) is 9.56. The van der Waals surface area contributed by atoms with Crippen molar-refractivity contribution >= 4 is 29.9 Å². The number of morpholine rings is 1. The summed E-state index contributed by atoms with van der Waals surface area (Å²) < 4.78 is 11.7. The number of guanidine groups is 1. The van der Waals surface area contributed by atoms with Crippen LogP contribution in [0.4, 0.5) is 0 Å². The van der Waals surface area contributed by atoms with E-state index < -0.39 is 0 Å². The van der Waals surface area contributed by atoms with E-state index in [9.17, 15) is 0 Å². The first kappa shape index (κ1) is 21.4. The minimum absolute atomic E-state index is 0. The fraction of sp³-hybridized carbons (Fsp3) is 0.650. The third-order valence-electron chi connectivity index (χ3n) is 5.11. The normalized spacial score (nSPS) is 23.6. The van der Waals surface area contributed by atoms with Gasteiger partial charge in [-0.05, 0) is 36.8 Å². The number of ether oxygens (including phenoxy) is 2. The number of nitrogens with zero attached hydrogens (tertiary/aromatic N) is 2. The molecule has 0 amide bonds. The Labute approximate surface area is 174 Å². The molecule has 0 saturated carbocycles. The standard InChI is InChI=1S/C20H31N3O2.HI/c1-3-16-6-8-17(9-7-16)10-11-22-20(21-2)23-12-14-25-19(15-23)18-5-4-13-24-18;/h6-9,18-19H,3-5,10-15H2,1-2H3,(H,21,22);1H. The van der Waals surface area contributed by atoms with E-state index in [1.807, 2.05) is 7.05 Å². The Bertz CT molecular complexity index is 559. The van der Waals surface area contributed by atoms with Crippen LogP contribution in [0.1, 0.15) is 30.9 Å². The molecule has 2 unspecified atom stereocenters. The smallest absolute Gasteiger partial charge is 0.193 e. The van der Waals surface area contributed by atoms with E-state index in [4.69, 9.17) is 9.47 Å². The van der Waals surface area contributed by atoms with E-state index in [0.29, 0.717) is 0 Å². The molecule has 0 radical (unpaired) electrons. The summed E-state index contributed by atoms with van der Waals surface area (Å²) in [5.41, 5.74) is 2.75. The Hall–Kier alpha value is -0.860. The first-order valence-corrected chi connectivity index (χ1v) is 9.56. The van der Waals surface area contributed by atoms with Crippen LogP contribution in [0.2, 0.25) is 0 Å². The molecule has 146 valence electrons. The molecular formula is C20H32IN3O2. The molecule has 2 atom stereocenters. The summed E-state index contributed by atoms with van der Waals surface area (Å²) in [4.78, 5) is 6.77. The predicted molar refractivity (Wildman–Crippen MR) is 117 cm³/mol. The summed E-state index contributed by atoms with van der Waals surface area (Å²) in [5.74, 6) is 0.969. The molecule has 5 nitrogen and oxygen atoms in total. The fourth-order valence-corrected chi connectivity index (χ4v) is 3.58. The van der Waals surface area contributed by atoms with Gasteiger partial charge in [0.1, 0.15) is 6.10 Å². The second-order valence-corrected chi connectivity index (χ2v) is 6.80. The summed E-state index contributed by atoms with van der Waals surface area (Å²) >= 11 is 0. The number of rotatable bonds is 5. The fourth-order valence-electron chi connectivity index (χ4n) is 3.58. The molecule has 2 saturated heterocycles. The van der Waals surface area contributed by atoms with E-state index >= 15 is 0 Å². The van der Waals surface area contributed by atoms with Gasteiger partial charge in [-0.1, -0.05) is 31.2 Å². The molecule has 0 aromatic heterocycles. The number of halogens is 1. The lowest BCUT2D eigenvalue weighted by Gasteiger charge is -2.37. The average molecular weight is 473 g/mol. The molecule has 26 heavy (non-hydrogen) atoms. The summed E-state index contributed by atoms with van der Waals surface area (Å²) in [5, 5.41) is 3.51. The predicted octanol–water partition coefficient (Wildman–Crippen LogP) is 2.86. The first-order chi connectivity index (χ1) is 12.3. The van der Waals surface area contributed by atoms with Crippen LogP contribution in [0.15, 0.2) is 29.3 Å². The van der Waals surface area contributed by atoms with Crippen molar-refractivity contribution in [2.24, 2.45) is 4.99 Å². The molecule has 2 heterocycles. The molecule has 1 N–H and O–H groups in total. The van der Waals surface area contributed by atoms with Gasteiger partial charge in [-0.15, -0.1) is 24.0 Å². The van der Waals surface area contributed by atoms with Crippen molar-refractivity contribution < 1.29 is 9.47 Å². The zero-order chi connectivity index (χ0) is 17.5. The number of nitrogens with one attached hydrogen (secondary N) is 1. The summed E-state index contributed by atoms with van der Waals surface area (Å²) in [7, 11) is 1.86. The molecule has 1 aromatic carbocycles. The molecule has 2 aliphatic heterocycles. The Balaban J connectivity index is 0.00000243. The second-order valence-electron chi connectivity index (χ2n) is 6.80. The molecule has 0 bridgehead atoms. The highest BCUT2D eigenvalue weighted by Gasteiger charge is 2.32. The van der Waals surface area contributed by atoms with E-state index in [0.717, 1.165) is 64.5 Å². The van der Waals surface area contributed by atoms with Crippen molar-refractivity contribution in [2.45, 2.75) is 44.8 Å². The van der Waals surface area contributed by atoms with Gasteiger partial charge in [-0.2, -0.15) is 0 Å². The topological polar surface area (TPSA) is 46.1 Å². The second kappa shape index (κ2) is 11.1. The highest BCUT2D eigenvalue weighted by Crippen LogP contribution is 2.21. The number of aliphatic imine (C=N–C) groups is 1. The van der Waals surface area contributed by atoms with Gasteiger partial charge >= 0.3 is 0 Å². The van der Waals surface area contributed by atoms with Crippen LogP contribution in [0.5, 0.6) is 0 Å². The van der Waals surface area contributed by atoms with Crippen molar-refractivity contribution in [1.29, 1.82) is 0 Å². The van der Waals surface area contributed by atoms with Gasteiger partial charge in [0.15, 0.2) is 5.96 Å². The quantitative estimate of drug-likeness (QED) is 0.406. The van der Waals surface area contributed by atoms with Crippen LogP contribution < -0.4 is 5.32 Å². The van der Waals surface area contributed by atoms with Crippen LogP contribution in [0, 0.1) is 0 Å². The van der Waals surface area contributed by atoms with Gasteiger partial charge in [0, 0.05) is 33.3 Å². The molecule has 2 fully saturated rings. The monoisotopic (exact) mass is 473 g/mol. The maximum atomic E-state index is 5.93. The van der Waals surface area contributed by atoms with Crippen LogP contribution in [-0.2, 0) is 22.3 Å². The molecule has 0 aliphatic carbocycles. The van der Waals surface area contributed by atoms with Crippen molar-refractivity contribution in [2.75, 3.05) is 39.9 Å². The number of aryl methyl sites for hydroxylation is 1. The zero-order valence-electron chi connectivity index (χ0n) is 15.9. The molecule has 1 aromatic rings. The van der Waals surface area contributed by atoms with Crippen molar-refractivity contribution in [1.82, 2.24) is 10.2 Å². The van der Waals surface area contributed by atoms with Crippen molar-refractivity contribution in [3.05, 3.63) is 35.4 Å². The zero-order valence-corrected chi connectivity index (χ0v) is 18.3. The SMILES string of the molecule is CCc1ccc(CCNC(=NC)N2CCOC(C3CCCO3)C2)cc1.I. The van der Waals surface area contributed by atoms with Crippen LogP contribution in [0.3, 0.4) is 0 Å². The third-order valence-corrected chi connectivity index (χ3v) is 5.11. The van der Waals surface area contributed by atoms with E-state index in [1.165, 1.54) is 11.1 Å².